The van der Waals surface area contributed by atoms with Gasteiger partial charge in [-0.15, -0.1) is 12.3 Å². The second-order valence-electron chi connectivity index (χ2n) is 4.18. The van der Waals surface area contributed by atoms with Gasteiger partial charge in [-0.05, 0) is 12.8 Å². The Hall–Kier alpha value is -0.560. The standard InChI is InChI=1S/C12H20O3/c1-4-8-12(13)9-6-5-7-10(12)11(14-2)15-3/h1,10-11,13H,5-9H2,2-3H3. The molecule has 3 nitrogen and oxygen atoms in total. The smallest absolute Gasteiger partial charge is 0.162 e. The van der Waals surface area contributed by atoms with Crippen LogP contribution < -0.4 is 0 Å². The first kappa shape index (κ1) is 12.5. The van der Waals surface area contributed by atoms with E-state index in [0.717, 1.165) is 25.7 Å². The molecule has 15 heavy (non-hydrogen) atoms. The van der Waals surface area contributed by atoms with Crippen LogP contribution in [0.3, 0.4) is 0 Å². The van der Waals surface area contributed by atoms with Gasteiger partial charge >= 0.3 is 0 Å². The van der Waals surface area contributed by atoms with Crippen molar-refractivity contribution in [3.05, 3.63) is 0 Å². The SMILES string of the molecule is C#CCC1(O)CCCCC1C(OC)OC. The van der Waals surface area contributed by atoms with Crippen molar-refractivity contribution >= 4 is 0 Å². The summed E-state index contributed by atoms with van der Waals surface area (Å²) in [7, 11) is 3.19. The second-order valence-corrected chi connectivity index (χ2v) is 4.18. The molecule has 0 aromatic carbocycles. The van der Waals surface area contributed by atoms with E-state index in [-0.39, 0.29) is 12.2 Å². The predicted octanol–water partition coefficient (Wildman–Crippen LogP) is 1.55. The van der Waals surface area contributed by atoms with Gasteiger partial charge < -0.3 is 14.6 Å². The summed E-state index contributed by atoms with van der Waals surface area (Å²) in [6, 6.07) is 0. The van der Waals surface area contributed by atoms with E-state index in [2.05, 4.69) is 5.92 Å². The van der Waals surface area contributed by atoms with Gasteiger partial charge in [0.1, 0.15) is 0 Å². The lowest BCUT2D eigenvalue weighted by atomic mass is 9.73. The molecule has 0 aromatic rings. The van der Waals surface area contributed by atoms with E-state index < -0.39 is 5.60 Å². The molecule has 3 heteroatoms. The van der Waals surface area contributed by atoms with Crippen molar-refractivity contribution in [2.75, 3.05) is 14.2 Å². The Morgan fingerprint density at radius 3 is 2.67 bits per heavy atom. The Morgan fingerprint density at radius 1 is 1.47 bits per heavy atom. The van der Waals surface area contributed by atoms with Crippen LogP contribution in [0.5, 0.6) is 0 Å². The quantitative estimate of drug-likeness (QED) is 0.567. The molecular weight excluding hydrogens is 192 g/mol. The maximum Gasteiger partial charge on any atom is 0.162 e. The summed E-state index contributed by atoms with van der Waals surface area (Å²) >= 11 is 0. The highest BCUT2D eigenvalue weighted by molar-refractivity contribution is 5.01. The van der Waals surface area contributed by atoms with Crippen LogP contribution in [0.15, 0.2) is 0 Å². The molecule has 0 radical (unpaired) electrons. The average molecular weight is 212 g/mol. The van der Waals surface area contributed by atoms with Crippen molar-refractivity contribution in [2.24, 2.45) is 5.92 Å². The van der Waals surface area contributed by atoms with Gasteiger partial charge in [-0.25, -0.2) is 0 Å². The van der Waals surface area contributed by atoms with Gasteiger partial charge in [-0.2, -0.15) is 0 Å². The van der Waals surface area contributed by atoms with Gasteiger partial charge in [0.15, 0.2) is 6.29 Å². The molecule has 2 atom stereocenters. The first-order valence-corrected chi connectivity index (χ1v) is 5.39. The zero-order valence-corrected chi connectivity index (χ0v) is 9.53. The molecule has 86 valence electrons. The third-order valence-corrected chi connectivity index (χ3v) is 3.27. The molecule has 0 aromatic heterocycles. The fourth-order valence-electron chi connectivity index (χ4n) is 2.46. The molecule has 1 aliphatic carbocycles. The first-order chi connectivity index (χ1) is 7.18. The van der Waals surface area contributed by atoms with Crippen molar-refractivity contribution in [1.82, 2.24) is 0 Å². The van der Waals surface area contributed by atoms with Crippen molar-refractivity contribution < 1.29 is 14.6 Å². The van der Waals surface area contributed by atoms with Crippen LogP contribution in [0.25, 0.3) is 0 Å². The lowest BCUT2D eigenvalue weighted by molar-refractivity contribution is -0.198. The van der Waals surface area contributed by atoms with Gasteiger partial charge in [0.2, 0.25) is 0 Å². The normalized spacial score (nSPS) is 31.5. The molecule has 0 aliphatic heterocycles. The number of hydrogen-bond donors (Lipinski definition) is 1. The molecule has 2 unspecified atom stereocenters. The van der Waals surface area contributed by atoms with Gasteiger partial charge in [-0.3, -0.25) is 0 Å². The number of methoxy groups -OCH3 is 2. The van der Waals surface area contributed by atoms with Crippen LogP contribution in [0.2, 0.25) is 0 Å². The zero-order chi connectivity index (χ0) is 11.3. The van der Waals surface area contributed by atoms with Crippen LogP contribution in [0.4, 0.5) is 0 Å². The Kier molecular flexibility index (Phi) is 4.59. The summed E-state index contributed by atoms with van der Waals surface area (Å²) in [5, 5.41) is 10.5. The third kappa shape index (κ3) is 2.72. The van der Waals surface area contributed by atoms with Crippen molar-refractivity contribution in [3.63, 3.8) is 0 Å². The molecule has 1 N–H and O–H groups in total. The molecule has 0 heterocycles. The van der Waals surface area contributed by atoms with E-state index in [1.807, 2.05) is 0 Å². The summed E-state index contributed by atoms with van der Waals surface area (Å²) in [6.45, 7) is 0. The maximum atomic E-state index is 10.5. The molecule has 1 rings (SSSR count). The molecule has 0 bridgehead atoms. The highest BCUT2D eigenvalue weighted by Crippen LogP contribution is 2.39. The van der Waals surface area contributed by atoms with E-state index in [1.54, 1.807) is 14.2 Å². The van der Waals surface area contributed by atoms with Gasteiger partial charge in [-0.1, -0.05) is 12.8 Å². The molecule has 1 fully saturated rings. The molecule has 0 amide bonds. The van der Waals surface area contributed by atoms with E-state index in [1.165, 1.54) is 0 Å². The predicted molar refractivity (Wildman–Crippen MR) is 58.2 cm³/mol. The fourth-order valence-corrected chi connectivity index (χ4v) is 2.46. The summed E-state index contributed by atoms with van der Waals surface area (Å²) < 4.78 is 10.5. The average Bonchev–Trinajstić information content (AvgIpc) is 2.23. The molecule has 0 saturated heterocycles. The molecular formula is C12H20O3. The van der Waals surface area contributed by atoms with Crippen LogP contribution >= 0.6 is 0 Å². The number of aliphatic hydroxyl groups is 1. The highest BCUT2D eigenvalue weighted by atomic mass is 16.7. The number of terminal acetylenes is 1. The van der Waals surface area contributed by atoms with E-state index in [0.29, 0.717) is 6.42 Å². The topological polar surface area (TPSA) is 38.7 Å². The van der Waals surface area contributed by atoms with Gasteiger partial charge in [0, 0.05) is 26.6 Å². The van der Waals surface area contributed by atoms with E-state index in [9.17, 15) is 5.11 Å². The number of hydrogen-bond acceptors (Lipinski definition) is 3. The monoisotopic (exact) mass is 212 g/mol. The van der Waals surface area contributed by atoms with E-state index >= 15 is 0 Å². The van der Waals surface area contributed by atoms with Crippen molar-refractivity contribution in [3.8, 4) is 12.3 Å². The summed E-state index contributed by atoms with van der Waals surface area (Å²) in [4.78, 5) is 0. The van der Waals surface area contributed by atoms with Crippen molar-refractivity contribution in [2.45, 2.75) is 44.0 Å². The second kappa shape index (κ2) is 5.50. The Labute approximate surface area is 91.8 Å². The minimum absolute atomic E-state index is 0.0164. The fraction of sp³-hybridized carbons (Fsp3) is 0.833. The van der Waals surface area contributed by atoms with E-state index in [4.69, 9.17) is 15.9 Å². The number of ether oxygens (including phenoxy) is 2. The highest BCUT2D eigenvalue weighted by Gasteiger charge is 2.43. The number of rotatable bonds is 4. The first-order valence-electron chi connectivity index (χ1n) is 5.39. The van der Waals surface area contributed by atoms with Crippen LogP contribution in [0, 0.1) is 18.3 Å². The van der Waals surface area contributed by atoms with Gasteiger partial charge in [0.25, 0.3) is 0 Å². The Balaban J connectivity index is 2.77. The molecule has 1 saturated carbocycles. The van der Waals surface area contributed by atoms with Crippen molar-refractivity contribution in [1.29, 1.82) is 0 Å². The summed E-state index contributed by atoms with van der Waals surface area (Å²) in [5.74, 6) is 2.53. The largest absolute Gasteiger partial charge is 0.388 e. The lowest BCUT2D eigenvalue weighted by Gasteiger charge is -2.41. The summed E-state index contributed by atoms with van der Waals surface area (Å²) in [6.07, 6.45) is 9.09. The Bertz CT molecular complexity index is 230. The van der Waals surface area contributed by atoms with Crippen LogP contribution in [-0.4, -0.2) is 31.2 Å². The minimum atomic E-state index is -0.816. The minimum Gasteiger partial charge on any atom is -0.388 e. The summed E-state index contributed by atoms with van der Waals surface area (Å²) in [5.41, 5.74) is -0.816. The molecule has 1 aliphatic rings. The van der Waals surface area contributed by atoms with Crippen LogP contribution in [-0.2, 0) is 9.47 Å². The maximum absolute atomic E-state index is 10.5. The lowest BCUT2D eigenvalue weighted by Crippen LogP contribution is -2.47. The Morgan fingerprint density at radius 2 is 2.13 bits per heavy atom. The third-order valence-electron chi connectivity index (χ3n) is 3.27. The zero-order valence-electron chi connectivity index (χ0n) is 9.53. The van der Waals surface area contributed by atoms with Crippen LogP contribution in [0.1, 0.15) is 32.1 Å². The molecule has 0 spiro atoms. The van der Waals surface area contributed by atoms with Gasteiger partial charge in [0.05, 0.1) is 5.60 Å².